The molecule has 0 unspecified atom stereocenters. The molecule has 0 bridgehead atoms. The van der Waals surface area contributed by atoms with Crippen LogP contribution in [0.1, 0.15) is 48.1 Å². The molecule has 170 valence electrons. The standard InChI is InChI=1S/C24H26N6O3/c1-4-20-14-33-24(32)30(20)23-27-16(3)26-22(29-23)25-15(2)17-10-12-18(13-11-17)21(31)28-19-8-6-5-7-9-19/h5-13,15,20H,4,14H2,1-3H3,(H,28,31)(H,25,26,27,29)/t15-,20+/m1/s1. The Bertz CT molecular complexity index is 1140. The molecule has 2 heterocycles. The number of nitrogens with zero attached hydrogens (tertiary/aromatic N) is 4. The summed E-state index contributed by atoms with van der Waals surface area (Å²) in [6, 6.07) is 16.4. The molecule has 9 nitrogen and oxygen atoms in total. The number of anilines is 3. The van der Waals surface area contributed by atoms with Crippen molar-refractivity contribution in [3.63, 3.8) is 0 Å². The molecule has 1 aliphatic rings. The van der Waals surface area contributed by atoms with Crippen LogP contribution in [0.2, 0.25) is 0 Å². The zero-order valence-corrected chi connectivity index (χ0v) is 18.8. The van der Waals surface area contributed by atoms with Crippen molar-refractivity contribution >= 4 is 29.6 Å². The zero-order valence-electron chi connectivity index (χ0n) is 18.8. The van der Waals surface area contributed by atoms with E-state index in [0.717, 1.165) is 17.7 Å². The monoisotopic (exact) mass is 446 g/mol. The first-order valence-corrected chi connectivity index (χ1v) is 10.9. The molecule has 0 radical (unpaired) electrons. The van der Waals surface area contributed by atoms with Crippen molar-refractivity contribution in [2.45, 2.75) is 39.3 Å². The van der Waals surface area contributed by atoms with E-state index in [9.17, 15) is 9.59 Å². The lowest BCUT2D eigenvalue weighted by molar-refractivity contribution is 0.102. The van der Waals surface area contributed by atoms with Crippen molar-refractivity contribution in [3.8, 4) is 0 Å². The number of ether oxygens (including phenoxy) is 1. The van der Waals surface area contributed by atoms with Crippen LogP contribution >= 0.6 is 0 Å². The van der Waals surface area contributed by atoms with Gasteiger partial charge in [0.05, 0.1) is 12.1 Å². The molecule has 33 heavy (non-hydrogen) atoms. The fourth-order valence-electron chi connectivity index (χ4n) is 3.57. The Morgan fingerprint density at radius 3 is 2.55 bits per heavy atom. The van der Waals surface area contributed by atoms with Gasteiger partial charge in [0, 0.05) is 11.3 Å². The molecule has 1 fully saturated rings. The third kappa shape index (κ3) is 5.08. The average Bonchev–Trinajstić information content (AvgIpc) is 3.20. The third-order valence-electron chi connectivity index (χ3n) is 5.43. The summed E-state index contributed by atoms with van der Waals surface area (Å²) in [5.74, 6) is 0.969. The van der Waals surface area contributed by atoms with Crippen molar-refractivity contribution < 1.29 is 14.3 Å². The topological polar surface area (TPSA) is 109 Å². The first kappa shape index (κ1) is 22.2. The van der Waals surface area contributed by atoms with E-state index in [1.54, 1.807) is 19.1 Å². The van der Waals surface area contributed by atoms with Gasteiger partial charge in [0.15, 0.2) is 0 Å². The fourth-order valence-corrected chi connectivity index (χ4v) is 3.57. The van der Waals surface area contributed by atoms with Crippen molar-refractivity contribution in [1.82, 2.24) is 15.0 Å². The molecule has 2 atom stereocenters. The summed E-state index contributed by atoms with van der Waals surface area (Å²) in [5, 5.41) is 6.13. The van der Waals surface area contributed by atoms with E-state index in [0.29, 0.717) is 23.9 Å². The number of hydrogen-bond donors (Lipinski definition) is 2. The number of rotatable bonds is 7. The van der Waals surface area contributed by atoms with Crippen LogP contribution in [0.15, 0.2) is 54.6 Å². The summed E-state index contributed by atoms with van der Waals surface area (Å²) in [5.41, 5.74) is 2.26. The van der Waals surface area contributed by atoms with Gasteiger partial charge in [-0.15, -0.1) is 0 Å². The lowest BCUT2D eigenvalue weighted by atomic mass is 10.1. The van der Waals surface area contributed by atoms with E-state index < -0.39 is 6.09 Å². The Kier molecular flexibility index (Phi) is 6.48. The molecule has 2 amide bonds. The van der Waals surface area contributed by atoms with Gasteiger partial charge in [-0.1, -0.05) is 37.3 Å². The molecule has 0 saturated carbocycles. The number of carbonyl (C=O) groups excluding carboxylic acids is 2. The Morgan fingerprint density at radius 1 is 1.12 bits per heavy atom. The van der Waals surface area contributed by atoms with E-state index in [2.05, 4.69) is 25.6 Å². The normalized spacial score (nSPS) is 16.3. The number of amides is 2. The minimum atomic E-state index is -0.448. The number of hydrogen-bond acceptors (Lipinski definition) is 7. The molecule has 4 rings (SSSR count). The highest BCUT2D eigenvalue weighted by molar-refractivity contribution is 6.04. The molecule has 0 spiro atoms. The van der Waals surface area contributed by atoms with Gasteiger partial charge in [-0.05, 0) is 50.1 Å². The van der Waals surface area contributed by atoms with Crippen LogP contribution in [-0.4, -0.2) is 39.6 Å². The Labute approximate surface area is 192 Å². The predicted octanol–water partition coefficient (Wildman–Crippen LogP) is 4.34. The van der Waals surface area contributed by atoms with Gasteiger partial charge in [0.25, 0.3) is 5.91 Å². The molecular weight excluding hydrogens is 420 g/mol. The van der Waals surface area contributed by atoms with Gasteiger partial charge >= 0.3 is 6.09 Å². The first-order valence-electron chi connectivity index (χ1n) is 10.9. The quantitative estimate of drug-likeness (QED) is 0.555. The maximum absolute atomic E-state index is 12.5. The van der Waals surface area contributed by atoms with Crippen molar-refractivity contribution in [1.29, 1.82) is 0 Å². The molecule has 1 aromatic heterocycles. The highest BCUT2D eigenvalue weighted by Crippen LogP contribution is 2.24. The lowest BCUT2D eigenvalue weighted by Crippen LogP contribution is -2.34. The van der Waals surface area contributed by atoms with Gasteiger partial charge in [-0.2, -0.15) is 15.0 Å². The summed E-state index contributed by atoms with van der Waals surface area (Å²) in [7, 11) is 0. The van der Waals surface area contributed by atoms with Crippen LogP contribution in [0, 0.1) is 6.92 Å². The Balaban J connectivity index is 1.46. The van der Waals surface area contributed by atoms with E-state index in [-0.39, 0.29) is 23.9 Å². The van der Waals surface area contributed by atoms with Crippen LogP contribution in [0.5, 0.6) is 0 Å². The van der Waals surface area contributed by atoms with Crippen LogP contribution in [0.3, 0.4) is 0 Å². The maximum atomic E-state index is 12.5. The van der Waals surface area contributed by atoms with Crippen LogP contribution in [-0.2, 0) is 4.74 Å². The van der Waals surface area contributed by atoms with Crippen molar-refractivity contribution in [2.75, 3.05) is 22.1 Å². The molecule has 3 aromatic rings. The Morgan fingerprint density at radius 2 is 1.85 bits per heavy atom. The minimum absolute atomic E-state index is 0.0980. The minimum Gasteiger partial charge on any atom is -0.447 e. The second-order valence-electron chi connectivity index (χ2n) is 7.82. The van der Waals surface area contributed by atoms with Crippen molar-refractivity contribution in [3.05, 3.63) is 71.5 Å². The molecule has 2 aromatic carbocycles. The second-order valence-corrected chi connectivity index (χ2v) is 7.82. The van der Waals surface area contributed by atoms with Crippen LogP contribution < -0.4 is 15.5 Å². The smallest absolute Gasteiger partial charge is 0.417 e. The van der Waals surface area contributed by atoms with Gasteiger partial charge in [0.1, 0.15) is 12.4 Å². The summed E-state index contributed by atoms with van der Waals surface area (Å²) in [4.78, 5) is 39.2. The predicted molar refractivity (Wildman–Crippen MR) is 125 cm³/mol. The summed E-state index contributed by atoms with van der Waals surface area (Å²) in [6.45, 7) is 6.03. The van der Waals surface area contributed by atoms with E-state index in [1.807, 2.05) is 56.3 Å². The van der Waals surface area contributed by atoms with Gasteiger partial charge in [-0.25, -0.2) is 9.69 Å². The Hall–Kier alpha value is -4.01. The molecule has 2 N–H and O–H groups in total. The van der Waals surface area contributed by atoms with Gasteiger partial charge in [-0.3, -0.25) is 4.79 Å². The van der Waals surface area contributed by atoms with E-state index in [1.165, 1.54) is 4.90 Å². The molecule has 1 saturated heterocycles. The number of aromatic nitrogens is 3. The van der Waals surface area contributed by atoms with Crippen molar-refractivity contribution in [2.24, 2.45) is 0 Å². The van der Waals surface area contributed by atoms with E-state index >= 15 is 0 Å². The highest BCUT2D eigenvalue weighted by atomic mass is 16.6. The highest BCUT2D eigenvalue weighted by Gasteiger charge is 2.35. The van der Waals surface area contributed by atoms with Gasteiger partial charge < -0.3 is 15.4 Å². The number of nitrogens with one attached hydrogen (secondary N) is 2. The van der Waals surface area contributed by atoms with Crippen LogP contribution in [0.4, 0.5) is 22.4 Å². The number of para-hydroxylation sites is 1. The fraction of sp³-hybridized carbons (Fsp3) is 0.292. The summed E-state index contributed by atoms with van der Waals surface area (Å²) in [6.07, 6.45) is 0.288. The number of aryl methyl sites for hydroxylation is 1. The molecular formula is C24H26N6O3. The number of cyclic esters (lactones) is 1. The maximum Gasteiger partial charge on any atom is 0.417 e. The zero-order chi connectivity index (χ0) is 23.4. The summed E-state index contributed by atoms with van der Waals surface area (Å²) >= 11 is 0. The largest absolute Gasteiger partial charge is 0.447 e. The average molecular weight is 447 g/mol. The number of carbonyl (C=O) groups is 2. The molecule has 1 aliphatic heterocycles. The lowest BCUT2D eigenvalue weighted by Gasteiger charge is -2.20. The van der Waals surface area contributed by atoms with Gasteiger partial charge in [0.2, 0.25) is 11.9 Å². The van der Waals surface area contributed by atoms with E-state index in [4.69, 9.17) is 4.74 Å². The second kappa shape index (κ2) is 9.64. The summed E-state index contributed by atoms with van der Waals surface area (Å²) < 4.78 is 5.16. The van der Waals surface area contributed by atoms with Crippen LogP contribution in [0.25, 0.3) is 0 Å². The SMILES string of the molecule is CC[C@H]1COC(=O)N1c1nc(C)nc(N[C@H](C)c2ccc(C(=O)Nc3ccccc3)cc2)n1. The molecule has 9 heteroatoms. The molecule has 0 aliphatic carbocycles. The first-order chi connectivity index (χ1) is 15.9. The third-order valence-corrected chi connectivity index (χ3v) is 5.43. The number of benzene rings is 2.